The second kappa shape index (κ2) is 10.7. The van der Waals surface area contributed by atoms with Crippen LogP contribution < -0.4 is 10.1 Å². The number of nitrogens with one attached hydrogen (secondary N) is 1. The fourth-order valence-electron chi connectivity index (χ4n) is 3.26. The Hall–Kier alpha value is -3.72. The molecule has 8 nitrogen and oxygen atoms in total. The van der Waals surface area contributed by atoms with Crippen molar-refractivity contribution in [1.29, 1.82) is 0 Å². The maximum Gasteiger partial charge on any atom is 0.341 e. The zero-order valence-electron chi connectivity index (χ0n) is 18.5. The van der Waals surface area contributed by atoms with E-state index in [0.29, 0.717) is 21.9 Å². The summed E-state index contributed by atoms with van der Waals surface area (Å²) in [6.45, 7) is 5.50. The van der Waals surface area contributed by atoms with E-state index in [1.807, 2.05) is 19.1 Å². The van der Waals surface area contributed by atoms with Gasteiger partial charge in [-0.05, 0) is 55.7 Å². The monoisotopic (exact) mass is 468 g/mol. The molecule has 3 aromatic rings. The fourth-order valence-corrected chi connectivity index (χ4v) is 4.34. The molecule has 2 aromatic carbocycles. The maximum atomic E-state index is 12.8. The number of hydrogen-bond acceptors (Lipinski definition) is 7. The fraction of sp³-hybridized carbons (Fsp3) is 0.250. The number of ether oxygens (including phenoxy) is 2. The van der Waals surface area contributed by atoms with Crippen molar-refractivity contribution in [3.63, 3.8) is 0 Å². The molecule has 1 N–H and O–H groups in total. The van der Waals surface area contributed by atoms with Crippen LogP contribution in [0.1, 0.15) is 34.6 Å². The predicted octanol–water partition coefficient (Wildman–Crippen LogP) is 5.39. The number of amides is 1. The number of nitro benzene ring substituents is 1. The first-order chi connectivity index (χ1) is 15.8. The molecule has 0 bridgehead atoms. The number of anilines is 1. The molecule has 9 heteroatoms. The van der Waals surface area contributed by atoms with Crippen LogP contribution in [0.2, 0.25) is 0 Å². The second-order valence-electron chi connectivity index (χ2n) is 7.10. The highest BCUT2D eigenvalue weighted by molar-refractivity contribution is 7.17. The summed E-state index contributed by atoms with van der Waals surface area (Å²) in [4.78, 5) is 36.6. The van der Waals surface area contributed by atoms with E-state index >= 15 is 0 Å². The van der Waals surface area contributed by atoms with Crippen LogP contribution in [0, 0.1) is 17.0 Å². The zero-order valence-corrected chi connectivity index (χ0v) is 19.4. The summed E-state index contributed by atoms with van der Waals surface area (Å²) in [5.74, 6) is -0.430. The molecule has 0 unspecified atom stereocenters. The van der Waals surface area contributed by atoms with E-state index in [1.165, 1.54) is 29.0 Å². The van der Waals surface area contributed by atoms with Gasteiger partial charge in [-0.1, -0.05) is 19.1 Å². The normalized spacial score (nSPS) is 10.5. The predicted molar refractivity (Wildman–Crippen MR) is 127 cm³/mol. The van der Waals surface area contributed by atoms with Gasteiger partial charge in [-0.2, -0.15) is 0 Å². The van der Waals surface area contributed by atoms with Crippen LogP contribution in [0.4, 0.5) is 10.7 Å². The first-order valence-electron chi connectivity index (χ1n) is 10.4. The molecule has 0 aliphatic rings. The summed E-state index contributed by atoms with van der Waals surface area (Å²) in [5, 5.41) is 14.1. The van der Waals surface area contributed by atoms with Crippen LogP contribution in [-0.4, -0.2) is 30.0 Å². The third-order valence-electron chi connectivity index (χ3n) is 4.89. The lowest BCUT2D eigenvalue weighted by Crippen LogP contribution is -2.21. The Kier molecular flexibility index (Phi) is 7.78. The SMILES string of the molecule is CCOC(=O)c1c(NC(=O)COc2ccc(CC)cc2)sc(C)c1-c1ccc([N+](=O)[O-])cc1. The van der Waals surface area contributed by atoms with E-state index in [-0.39, 0.29) is 24.5 Å². The minimum atomic E-state index is -0.582. The van der Waals surface area contributed by atoms with E-state index in [1.54, 1.807) is 31.2 Å². The van der Waals surface area contributed by atoms with Gasteiger partial charge in [0.1, 0.15) is 16.3 Å². The first kappa shape index (κ1) is 23.9. The molecule has 0 atom stereocenters. The third-order valence-corrected chi connectivity index (χ3v) is 5.91. The minimum Gasteiger partial charge on any atom is -0.484 e. The smallest absolute Gasteiger partial charge is 0.341 e. The van der Waals surface area contributed by atoms with Crippen LogP contribution in [0.3, 0.4) is 0 Å². The van der Waals surface area contributed by atoms with Crippen LogP contribution >= 0.6 is 11.3 Å². The summed E-state index contributed by atoms with van der Waals surface area (Å²) in [6.07, 6.45) is 0.909. The zero-order chi connectivity index (χ0) is 24.0. The highest BCUT2D eigenvalue weighted by Gasteiger charge is 2.26. The van der Waals surface area contributed by atoms with Crippen molar-refractivity contribution >= 4 is 33.9 Å². The molecular formula is C24H24N2O6S. The summed E-state index contributed by atoms with van der Waals surface area (Å²) < 4.78 is 10.8. The van der Waals surface area contributed by atoms with Crippen molar-refractivity contribution in [2.75, 3.05) is 18.5 Å². The molecule has 0 fully saturated rings. The largest absolute Gasteiger partial charge is 0.484 e. The Morgan fingerprint density at radius 2 is 1.73 bits per heavy atom. The minimum absolute atomic E-state index is 0.0537. The highest BCUT2D eigenvalue weighted by atomic mass is 32.1. The molecule has 0 saturated carbocycles. The number of aryl methyl sites for hydroxylation is 2. The van der Waals surface area contributed by atoms with Crippen molar-refractivity contribution in [2.45, 2.75) is 27.2 Å². The summed E-state index contributed by atoms with van der Waals surface area (Å²) in [6, 6.07) is 13.4. The number of carbonyl (C=O) groups is 2. The van der Waals surface area contributed by atoms with Gasteiger partial charge in [0.15, 0.2) is 6.61 Å². The average Bonchev–Trinajstić information content (AvgIpc) is 3.13. The van der Waals surface area contributed by atoms with E-state index in [4.69, 9.17) is 9.47 Å². The molecular weight excluding hydrogens is 444 g/mol. The number of rotatable bonds is 9. The van der Waals surface area contributed by atoms with E-state index in [9.17, 15) is 19.7 Å². The molecule has 33 heavy (non-hydrogen) atoms. The van der Waals surface area contributed by atoms with Gasteiger partial charge in [0.25, 0.3) is 11.6 Å². The van der Waals surface area contributed by atoms with E-state index in [0.717, 1.165) is 11.3 Å². The second-order valence-corrected chi connectivity index (χ2v) is 8.32. The molecule has 1 amide bonds. The summed E-state index contributed by atoms with van der Waals surface area (Å²) >= 11 is 1.23. The molecule has 172 valence electrons. The first-order valence-corrected chi connectivity index (χ1v) is 11.2. The number of non-ortho nitro benzene ring substituents is 1. The van der Waals surface area contributed by atoms with Gasteiger partial charge in [0.2, 0.25) is 0 Å². The number of hydrogen-bond donors (Lipinski definition) is 1. The van der Waals surface area contributed by atoms with E-state index in [2.05, 4.69) is 12.2 Å². The number of nitro groups is 1. The number of benzene rings is 2. The quantitative estimate of drug-likeness (QED) is 0.256. The Morgan fingerprint density at radius 1 is 1.06 bits per heavy atom. The molecule has 1 aromatic heterocycles. The Morgan fingerprint density at radius 3 is 2.30 bits per heavy atom. The molecule has 0 radical (unpaired) electrons. The lowest BCUT2D eigenvalue weighted by molar-refractivity contribution is -0.384. The highest BCUT2D eigenvalue weighted by Crippen LogP contribution is 2.40. The molecule has 3 rings (SSSR count). The van der Waals surface area contributed by atoms with Gasteiger partial charge in [-0.25, -0.2) is 4.79 Å². The number of nitrogens with zero attached hydrogens (tertiary/aromatic N) is 1. The molecule has 0 aliphatic carbocycles. The van der Waals surface area contributed by atoms with Gasteiger partial charge in [-0.3, -0.25) is 14.9 Å². The van der Waals surface area contributed by atoms with Crippen LogP contribution in [-0.2, 0) is 16.0 Å². The van der Waals surface area contributed by atoms with Crippen LogP contribution in [0.25, 0.3) is 11.1 Å². The molecule has 1 heterocycles. The van der Waals surface area contributed by atoms with Crippen molar-refractivity contribution in [1.82, 2.24) is 0 Å². The average molecular weight is 469 g/mol. The van der Waals surface area contributed by atoms with Crippen molar-refractivity contribution in [2.24, 2.45) is 0 Å². The summed E-state index contributed by atoms with van der Waals surface area (Å²) in [5.41, 5.74) is 2.51. The van der Waals surface area contributed by atoms with Gasteiger partial charge in [0.05, 0.1) is 11.5 Å². The van der Waals surface area contributed by atoms with Crippen LogP contribution in [0.15, 0.2) is 48.5 Å². The number of carbonyl (C=O) groups excluding carboxylic acids is 2. The molecule has 0 spiro atoms. The van der Waals surface area contributed by atoms with Gasteiger partial charge in [-0.15, -0.1) is 11.3 Å². The molecule has 0 aliphatic heterocycles. The van der Waals surface area contributed by atoms with Gasteiger partial charge < -0.3 is 14.8 Å². The summed E-state index contributed by atoms with van der Waals surface area (Å²) in [7, 11) is 0. The Bertz CT molecular complexity index is 1150. The van der Waals surface area contributed by atoms with Gasteiger partial charge >= 0.3 is 5.97 Å². The van der Waals surface area contributed by atoms with Gasteiger partial charge in [0, 0.05) is 22.6 Å². The number of thiophene rings is 1. The lowest BCUT2D eigenvalue weighted by Gasteiger charge is -2.10. The number of esters is 1. The van der Waals surface area contributed by atoms with Crippen LogP contribution in [0.5, 0.6) is 5.75 Å². The molecule has 0 saturated heterocycles. The van der Waals surface area contributed by atoms with E-state index < -0.39 is 16.8 Å². The van der Waals surface area contributed by atoms with Crippen molar-refractivity contribution in [3.8, 4) is 16.9 Å². The standard InChI is InChI=1S/C24H24N2O6S/c1-4-16-6-12-19(13-7-16)32-14-20(27)25-23-22(24(28)31-5-2)21(15(3)33-23)17-8-10-18(11-9-17)26(29)30/h6-13H,4-5,14H2,1-3H3,(H,25,27). The maximum absolute atomic E-state index is 12.8. The third kappa shape index (κ3) is 5.75. The topological polar surface area (TPSA) is 108 Å². The van der Waals surface area contributed by atoms with Crippen molar-refractivity contribution in [3.05, 3.63) is 74.6 Å². The lowest BCUT2D eigenvalue weighted by atomic mass is 10.0. The van der Waals surface area contributed by atoms with Crippen molar-refractivity contribution < 1.29 is 24.0 Å². The Balaban J connectivity index is 1.84. The Labute approximate surface area is 195 Å².